The van der Waals surface area contributed by atoms with Gasteiger partial charge in [0.25, 0.3) is 0 Å². The zero-order valence-electron chi connectivity index (χ0n) is 16.9. The third kappa shape index (κ3) is 6.10. The van der Waals surface area contributed by atoms with Crippen LogP contribution in [0.5, 0.6) is 0 Å². The van der Waals surface area contributed by atoms with E-state index < -0.39 is 0 Å². The number of carbonyl (C=O) groups excluding carboxylic acids is 1. The SMILES string of the molecule is CN(C)CCCN(C)c1nc2ccc(NC(=O)C=Cc3ccc(F)cc3)cc2s1. The van der Waals surface area contributed by atoms with Gasteiger partial charge in [-0.15, -0.1) is 0 Å². The molecule has 0 saturated carbocycles. The number of amides is 1. The summed E-state index contributed by atoms with van der Waals surface area (Å²) < 4.78 is 14.0. The fourth-order valence-corrected chi connectivity index (χ4v) is 3.79. The fourth-order valence-electron chi connectivity index (χ4n) is 2.80. The van der Waals surface area contributed by atoms with E-state index in [-0.39, 0.29) is 11.7 Å². The van der Waals surface area contributed by atoms with E-state index in [1.54, 1.807) is 29.5 Å². The molecule has 0 aliphatic heterocycles. The molecule has 7 heteroatoms. The Morgan fingerprint density at radius 2 is 1.90 bits per heavy atom. The van der Waals surface area contributed by atoms with E-state index in [0.29, 0.717) is 0 Å². The summed E-state index contributed by atoms with van der Waals surface area (Å²) in [6.45, 7) is 1.98. The molecular weight excluding hydrogens is 387 g/mol. The van der Waals surface area contributed by atoms with Crippen LogP contribution in [0.3, 0.4) is 0 Å². The topological polar surface area (TPSA) is 48.5 Å². The highest BCUT2D eigenvalue weighted by atomic mass is 32.1. The molecular formula is C22H25FN4OS. The number of halogens is 1. The minimum absolute atomic E-state index is 0.237. The van der Waals surface area contributed by atoms with Gasteiger partial charge in [-0.05, 0) is 69.0 Å². The van der Waals surface area contributed by atoms with Crippen LogP contribution in [0.2, 0.25) is 0 Å². The van der Waals surface area contributed by atoms with Crippen LogP contribution in [0.1, 0.15) is 12.0 Å². The minimum Gasteiger partial charge on any atom is -0.351 e. The van der Waals surface area contributed by atoms with Gasteiger partial charge in [-0.3, -0.25) is 4.79 Å². The molecule has 2 aromatic carbocycles. The number of nitrogens with zero attached hydrogens (tertiary/aromatic N) is 3. The van der Waals surface area contributed by atoms with Crippen LogP contribution >= 0.6 is 11.3 Å². The first-order chi connectivity index (χ1) is 13.9. The van der Waals surface area contributed by atoms with E-state index >= 15 is 0 Å². The predicted molar refractivity (Wildman–Crippen MR) is 120 cm³/mol. The predicted octanol–water partition coefficient (Wildman–Crippen LogP) is 4.48. The lowest BCUT2D eigenvalue weighted by Gasteiger charge is -2.17. The van der Waals surface area contributed by atoms with Crippen molar-refractivity contribution >= 4 is 44.4 Å². The number of nitrogens with one attached hydrogen (secondary N) is 1. The van der Waals surface area contributed by atoms with E-state index in [4.69, 9.17) is 0 Å². The molecule has 0 atom stereocenters. The Morgan fingerprint density at radius 3 is 2.62 bits per heavy atom. The maximum Gasteiger partial charge on any atom is 0.248 e. The first kappa shape index (κ1) is 21.0. The molecule has 0 fully saturated rings. The lowest BCUT2D eigenvalue weighted by Crippen LogP contribution is -2.23. The molecule has 0 aliphatic rings. The van der Waals surface area contributed by atoms with Crippen LogP contribution in [0.4, 0.5) is 15.2 Å². The van der Waals surface area contributed by atoms with Gasteiger partial charge in [-0.1, -0.05) is 23.5 Å². The van der Waals surface area contributed by atoms with Gasteiger partial charge in [-0.2, -0.15) is 0 Å². The van der Waals surface area contributed by atoms with Gasteiger partial charge in [-0.25, -0.2) is 9.37 Å². The molecule has 0 saturated heterocycles. The highest BCUT2D eigenvalue weighted by molar-refractivity contribution is 7.22. The number of aromatic nitrogens is 1. The number of benzene rings is 2. The summed E-state index contributed by atoms with van der Waals surface area (Å²) in [5.41, 5.74) is 2.41. The minimum atomic E-state index is -0.299. The van der Waals surface area contributed by atoms with Crippen LogP contribution < -0.4 is 10.2 Å². The van der Waals surface area contributed by atoms with Crippen molar-refractivity contribution in [2.24, 2.45) is 0 Å². The van der Waals surface area contributed by atoms with Crippen molar-refractivity contribution in [3.63, 3.8) is 0 Å². The molecule has 0 spiro atoms. The van der Waals surface area contributed by atoms with Crippen molar-refractivity contribution in [3.8, 4) is 0 Å². The van der Waals surface area contributed by atoms with Gasteiger partial charge < -0.3 is 15.1 Å². The van der Waals surface area contributed by atoms with Crippen molar-refractivity contribution in [1.82, 2.24) is 9.88 Å². The van der Waals surface area contributed by atoms with Crippen LogP contribution in [0.15, 0.2) is 48.5 Å². The number of hydrogen-bond acceptors (Lipinski definition) is 5. The third-order valence-corrected chi connectivity index (χ3v) is 5.50. The summed E-state index contributed by atoms with van der Waals surface area (Å²) in [5.74, 6) is -0.536. The van der Waals surface area contributed by atoms with Crippen LogP contribution in [0, 0.1) is 5.82 Å². The second kappa shape index (κ2) is 9.62. The highest BCUT2D eigenvalue weighted by Crippen LogP contribution is 2.30. The van der Waals surface area contributed by atoms with Crippen molar-refractivity contribution in [2.75, 3.05) is 44.4 Å². The van der Waals surface area contributed by atoms with Gasteiger partial charge in [0.05, 0.1) is 10.2 Å². The Kier molecular flexibility index (Phi) is 6.95. The molecule has 1 heterocycles. The van der Waals surface area contributed by atoms with E-state index in [1.165, 1.54) is 18.2 Å². The zero-order valence-corrected chi connectivity index (χ0v) is 17.7. The quantitative estimate of drug-likeness (QED) is 0.555. The number of anilines is 2. The number of carbonyl (C=O) groups is 1. The molecule has 1 aromatic heterocycles. The number of fused-ring (bicyclic) bond motifs is 1. The molecule has 0 radical (unpaired) electrons. The summed E-state index contributed by atoms with van der Waals surface area (Å²) in [6.07, 6.45) is 4.16. The molecule has 0 unspecified atom stereocenters. The lowest BCUT2D eigenvalue weighted by atomic mass is 10.2. The van der Waals surface area contributed by atoms with Crippen molar-refractivity contribution < 1.29 is 9.18 Å². The summed E-state index contributed by atoms with van der Waals surface area (Å²) in [4.78, 5) is 21.2. The Balaban J connectivity index is 1.63. The van der Waals surface area contributed by atoms with Crippen molar-refractivity contribution in [1.29, 1.82) is 0 Å². The molecule has 0 aliphatic carbocycles. The second-order valence-electron chi connectivity index (χ2n) is 7.13. The average molecular weight is 413 g/mol. The fraction of sp³-hybridized carbons (Fsp3) is 0.273. The van der Waals surface area contributed by atoms with Gasteiger partial charge in [0.2, 0.25) is 5.91 Å². The smallest absolute Gasteiger partial charge is 0.248 e. The van der Waals surface area contributed by atoms with Crippen LogP contribution in [-0.4, -0.2) is 50.0 Å². The van der Waals surface area contributed by atoms with Gasteiger partial charge >= 0.3 is 0 Å². The Labute approximate surface area is 174 Å². The first-order valence-electron chi connectivity index (χ1n) is 9.42. The van der Waals surface area contributed by atoms with Crippen LogP contribution in [0.25, 0.3) is 16.3 Å². The molecule has 152 valence electrons. The Hall–Kier alpha value is -2.77. The molecule has 29 heavy (non-hydrogen) atoms. The molecule has 0 bridgehead atoms. The molecule has 3 rings (SSSR count). The van der Waals surface area contributed by atoms with E-state index in [1.807, 2.05) is 18.2 Å². The Morgan fingerprint density at radius 1 is 1.14 bits per heavy atom. The molecule has 1 N–H and O–H groups in total. The van der Waals surface area contributed by atoms with E-state index in [9.17, 15) is 9.18 Å². The maximum absolute atomic E-state index is 12.9. The van der Waals surface area contributed by atoms with Gasteiger partial charge in [0.1, 0.15) is 5.82 Å². The normalized spacial score (nSPS) is 11.5. The van der Waals surface area contributed by atoms with E-state index in [2.05, 4.69) is 41.2 Å². The highest BCUT2D eigenvalue weighted by Gasteiger charge is 2.09. The van der Waals surface area contributed by atoms with Crippen molar-refractivity contribution in [3.05, 3.63) is 59.9 Å². The van der Waals surface area contributed by atoms with Crippen LogP contribution in [-0.2, 0) is 4.79 Å². The molecule has 5 nitrogen and oxygen atoms in total. The van der Waals surface area contributed by atoms with Crippen molar-refractivity contribution in [2.45, 2.75) is 6.42 Å². The number of thiazole rings is 1. The zero-order chi connectivity index (χ0) is 20.8. The van der Waals surface area contributed by atoms with Gasteiger partial charge in [0.15, 0.2) is 5.13 Å². The standard InChI is InChI=1S/C22H25FN4OS/c1-26(2)13-4-14-27(3)22-25-19-11-10-18(15-20(19)29-22)24-21(28)12-7-16-5-8-17(23)9-6-16/h5-12,15H,4,13-14H2,1-3H3,(H,24,28). The lowest BCUT2D eigenvalue weighted by molar-refractivity contribution is -0.111. The monoisotopic (exact) mass is 412 g/mol. The third-order valence-electron chi connectivity index (χ3n) is 4.37. The number of rotatable bonds is 8. The van der Waals surface area contributed by atoms with E-state index in [0.717, 1.165) is 46.1 Å². The largest absolute Gasteiger partial charge is 0.351 e. The summed E-state index contributed by atoms with van der Waals surface area (Å²) in [6, 6.07) is 11.7. The average Bonchev–Trinajstić information content (AvgIpc) is 3.11. The molecule has 3 aromatic rings. The second-order valence-corrected chi connectivity index (χ2v) is 8.14. The van der Waals surface area contributed by atoms with Gasteiger partial charge in [0, 0.05) is 25.4 Å². The Bertz CT molecular complexity index is 998. The first-order valence-corrected chi connectivity index (χ1v) is 10.2. The summed E-state index contributed by atoms with van der Waals surface area (Å²) >= 11 is 1.61. The maximum atomic E-state index is 12.9. The number of hydrogen-bond donors (Lipinski definition) is 1. The summed E-state index contributed by atoms with van der Waals surface area (Å²) in [5, 5.41) is 3.83. The molecule has 1 amide bonds. The summed E-state index contributed by atoms with van der Waals surface area (Å²) in [7, 11) is 6.20.